The van der Waals surface area contributed by atoms with Crippen LogP contribution in [0.25, 0.3) is 0 Å². The molecule has 0 aromatic heterocycles. The van der Waals surface area contributed by atoms with Crippen LogP contribution in [-0.4, -0.2) is 20.9 Å². The molecule has 2 N–H and O–H groups in total. The van der Waals surface area contributed by atoms with E-state index in [1.54, 1.807) is 24.3 Å². The van der Waals surface area contributed by atoms with E-state index < -0.39 is 15.4 Å². The van der Waals surface area contributed by atoms with E-state index in [0.717, 1.165) is 24.0 Å². The second-order valence-electron chi connectivity index (χ2n) is 7.35. The van der Waals surface area contributed by atoms with Gasteiger partial charge in [0.15, 0.2) is 0 Å². The van der Waals surface area contributed by atoms with Gasteiger partial charge in [0, 0.05) is 12.2 Å². The lowest BCUT2D eigenvalue weighted by molar-refractivity contribution is -0.123. The first kappa shape index (κ1) is 19.4. The van der Waals surface area contributed by atoms with Gasteiger partial charge in [0.25, 0.3) is 10.0 Å². The first-order valence-electron chi connectivity index (χ1n) is 9.30. The first-order valence-corrected chi connectivity index (χ1v) is 10.8. The van der Waals surface area contributed by atoms with Gasteiger partial charge < -0.3 is 5.32 Å². The smallest absolute Gasteiger partial charge is 0.261 e. The van der Waals surface area contributed by atoms with Gasteiger partial charge in [-0.05, 0) is 61.1 Å². The summed E-state index contributed by atoms with van der Waals surface area (Å²) in [5.74, 6) is 0.394. The molecule has 0 radical (unpaired) electrons. The Morgan fingerprint density at radius 3 is 2.11 bits per heavy atom. The minimum atomic E-state index is -3.64. The third-order valence-corrected chi connectivity index (χ3v) is 6.47. The van der Waals surface area contributed by atoms with E-state index in [0.29, 0.717) is 18.2 Å². The Hall–Kier alpha value is -2.34. The molecule has 1 fully saturated rings. The average Bonchev–Trinajstić information content (AvgIpc) is 3.44. The number of carbonyl (C=O) groups excluding carboxylic acids is 1. The first-order chi connectivity index (χ1) is 12.8. The summed E-state index contributed by atoms with van der Waals surface area (Å²) in [7, 11) is -3.64. The maximum absolute atomic E-state index is 12.6. The Labute approximate surface area is 161 Å². The number of carbonyl (C=O) groups is 1. The van der Waals surface area contributed by atoms with Gasteiger partial charge in [0.2, 0.25) is 5.91 Å². The number of nitrogens with one attached hydrogen (secondary N) is 2. The fraction of sp³-hybridized carbons (Fsp3) is 0.381. The van der Waals surface area contributed by atoms with Crippen molar-refractivity contribution in [2.24, 2.45) is 0 Å². The van der Waals surface area contributed by atoms with Crippen molar-refractivity contribution < 1.29 is 13.2 Å². The van der Waals surface area contributed by atoms with Gasteiger partial charge in [-0.2, -0.15) is 0 Å². The van der Waals surface area contributed by atoms with Crippen LogP contribution in [0, 0.1) is 0 Å². The molecule has 0 unspecified atom stereocenters. The molecule has 2 aromatic rings. The van der Waals surface area contributed by atoms with Crippen LogP contribution in [0.3, 0.4) is 0 Å². The molecule has 2 aromatic carbocycles. The number of rotatable bonds is 7. The Balaban J connectivity index is 1.75. The van der Waals surface area contributed by atoms with Gasteiger partial charge in [-0.25, -0.2) is 8.42 Å². The third kappa shape index (κ3) is 4.00. The number of sulfonamides is 1. The number of hydrogen-bond donors (Lipinski definition) is 2. The Morgan fingerprint density at radius 1 is 1.04 bits per heavy atom. The lowest BCUT2D eigenvalue weighted by atomic mass is 9.95. The molecule has 0 spiro atoms. The molecule has 0 aliphatic heterocycles. The van der Waals surface area contributed by atoms with Gasteiger partial charge in [0.05, 0.1) is 10.3 Å². The zero-order valence-corrected chi connectivity index (χ0v) is 16.8. The molecule has 0 bridgehead atoms. The van der Waals surface area contributed by atoms with Crippen molar-refractivity contribution in [3.63, 3.8) is 0 Å². The van der Waals surface area contributed by atoms with Crippen molar-refractivity contribution in [1.29, 1.82) is 0 Å². The number of hydrogen-bond acceptors (Lipinski definition) is 3. The predicted octanol–water partition coefficient (Wildman–Crippen LogP) is 3.78. The van der Waals surface area contributed by atoms with Crippen LogP contribution in [0.5, 0.6) is 0 Å². The molecule has 1 aliphatic carbocycles. The van der Waals surface area contributed by atoms with Gasteiger partial charge in [-0.15, -0.1) is 0 Å². The second kappa shape index (κ2) is 7.35. The Bertz CT molecular complexity index is 913. The highest BCUT2D eigenvalue weighted by Crippen LogP contribution is 2.48. The molecule has 3 rings (SSSR count). The Kier molecular flexibility index (Phi) is 5.29. The SMILES string of the molecule is CCNC(=O)C1(c2ccc(NS(=O)(=O)c3ccc(C(C)C)cc3)cc2)CC1. The zero-order chi connectivity index (χ0) is 19.7. The lowest BCUT2D eigenvalue weighted by Gasteiger charge is -2.16. The average molecular weight is 387 g/mol. The van der Waals surface area contributed by atoms with Crippen LogP contribution in [0.15, 0.2) is 53.4 Å². The van der Waals surface area contributed by atoms with Gasteiger partial charge in [0.1, 0.15) is 0 Å². The fourth-order valence-electron chi connectivity index (χ4n) is 3.20. The van der Waals surface area contributed by atoms with Crippen LogP contribution < -0.4 is 10.0 Å². The monoisotopic (exact) mass is 386 g/mol. The summed E-state index contributed by atoms with van der Waals surface area (Å²) in [6, 6.07) is 14.0. The fourth-order valence-corrected chi connectivity index (χ4v) is 4.26. The molecule has 6 heteroatoms. The van der Waals surface area contributed by atoms with Crippen LogP contribution in [0.2, 0.25) is 0 Å². The van der Waals surface area contributed by atoms with Crippen LogP contribution in [-0.2, 0) is 20.2 Å². The summed E-state index contributed by atoms with van der Waals surface area (Å²) >= 11 is 0. The quantitative estimate of drug-likeness (QED) is 0.760. The predicted molar refractivity (Wildman–Crippen MR) is 107 cm³/mol. The van der Waals surface area contributed by atoms with Crippen LogP contribution in [0.1, 0.15) is 50.7 Å². The summed E-state index contributed by atoms with van der Waals surface area (Å²) in [5, 5.41) is 2.88. The summed E-state index contributed by atoms with van der Waals surface area (Å²) in [5.41, 5.74) is 2.06. The van der Waals surface area contributed by atoms with Crippen molar-refractivity contribution in [3.05, 3.63) is 59.7 Å². The molecule has 27 heavy (non-hydrogen) atoms. The van der Waals surface area contributed by atoms with Crippen molar-refractivity contribution in [2.45, 2.75) is 49.8 Å². The van der Waals surface area contributed by atoms with Crippen LogP contribution >= 0.6 is 0 Å². The van der Waals surface area contributed by atoms with Crippen LogP contribution in [0.4, 0.5) is 5.69 Å². The number of amides is 1. The number of likely N-dealkylation sites (N-methyl/N-ethyl adjacent to an activating group) is 1. The molecule has 5 nitrogen and oxygen atoms in total. The van der Waals surface area contributed by atoms with E-state index in [2.05, 4.69) is 23.9 Å². The number of anilines is 1. The minimum Gasteiger partial charge on any atom is -0.356 e. The lowest BCUT2D eigenvalue weighted by Crippen LogP contribution is -2.34. The highest BCUT2D eigenvalue weighted by molar-refractivity contribution is 7.92. The zero-order valence-electron chi connectivity index (χ0n) is 16.0. The summed E-state index contributed by atoms with van der Waals surface area (Å²) < 4.78 is 27.8. The van der Waals surface area contributed by atoms with Crippen molar-refractivity contribution in [3.8, 4) is 0 Å². The molecule has 1 aliphatic rings. The molecule has 1 saturated carbocycles. The highest BCUT2D eigenvalue weighted by Gasteiger charge is 2.50. The summed E-state index contributed by atoms with van der Waals surface area (Å²) in [6.07, 6.45) is 1.65. The standard InChI is InChI=1S/C21H26N2O3S/c1-4-22-20(24)21(13-14-21)17-7-9-18(10-8-17)23-27(25,26)19-11-5-16(6-12-19)15(2)3/h5-12,15,23H,4,13-14H2,1-3H3,(H,22,24). The topological polar surface area (TPSA) is 75.3 Å². The van der Waals surface area contributed by atoms with E-state index in [1.165, 1.54) is 0 Å². The van der Waals surface area contributed by atoms with E-state index in [9.17, 15) is 13.2 Å². The summed E-state index contributed by atoms with van der Waals surface area (Å²) in [6.45, 7) is 6.64. The van der Waals surface area contributed by atoms with E-state index in [1.807, 2.05) is 31.2 Å². The van der Waals surface area contributed by atoms with Crippen molar-refractivity contribution >= 4 is 21.6 Å². The largest absolute Gasteiger partial charge is 0.356 e. The maximum atomic E-state index is 12.6. The molecule has 0 atom stereocenters. The maximum Gasteiger partial charge on any atom is 0.261 e. The normalized spacial score (nSPS) is 15.4. The van der Waals surface area contributed by atoms with Crippen molar-refractivity contribution in [1.82, 2.24) is 5.32 Å². The van der Waals surface area contributed by atoms with E-state index in [-0.39, 0.29) is 10.8 Å². The molecule has 144 valence electrons. The number of benzene rings is 2. The van der Waals surface area contributed by atoms with Crippen molar-refractivity contribution in [2.75, 3.05) is 11.3 Å². The second-order valence-corrected chi connectivity index (χ2v) is 9.03. The van der Waals surface area contributed by atoms with E-state index >= 15 is 0 Å². The molecule has 1 amide bonds. The molecule has 0 saturated heterocycles. The molecular weight excluding hydrogens is 360 g/mol. The van der Waals surface area contributed by atoms with Gasteiger partial charge >= 0.3 is 0 Å². The minimum absolute atomic E-state index is 0.0450. The third-order valence-electron chi connectivity index (χ3n) is 5.07. The summed E-state index contributed by atoms with van der Waals surface area (Å²) in [4.78, 5) is 12.5. The van der Waals surface area contributed by atoms with Gasteiger partial charge in [-0.3, -0.25) is 9.52 Å². The van der Waals surface area contributed by atoms with E-state index in [4.69, 9.17) is 0 Å². The molecule has 0 heterocycles. The van der Waals surface area contributed by atoms with Gasteiger partial charge in [-0.1, -0.05) is 38.1 Å². The Morgan fingerprint density at radius 2 is 1.63 bits per heavy atom. The molecular formula is C21H26N2O3S. The highest BCUT2D eigenvalue weighted by atomic mass is 32.2.